The maximum absolute atomic E-state index is 13.4. The Labute approximate surface area is 265 Å². The van der Waals surface area contributed by atoms with Crippen molar-refractivity contribution < 1.29 is 27.6 Å². The van der Waals surface area contributed by atoms with E-state index in [-0.39, 0.29) is 16.4 Å². The van der Waals surface area contributed by atoms with E-state index >= 15 is 0 Å². The zero-order valence-corrected chi connectivity index (χ0v) is 25.2. The number of benzene rings is 4. The molecule has 0 spiro atoms. The third-order valence-corrected chi connectivity index (χ3v) is 7.67. The van der Waals surface area contributed by atoms with Gasteiger partial charge >= 0.3 is 6.18 Å². The molecule has 1 unspecified atom stereocenters. The van der Waals surface area contributed by atoms with Crippen LogP contribution in [0.2, 0.25) is 10.0 Å². The van der Waals surface area contributed by atoms with E-state index in [0.29, 0.717) is 26.7 Å². The number of hydrogen-bond donors (Lipinski definition) is 3. The first-order valence-electron chi connectivity index (χ1n) is 13.0. The normalized spacial score (nSPS) is 12.3. The molecular formula is C32H24Cl2F3N3O3S. The first kappa shape index (κ1) is 32.7. The molecule has 226 valence electrons. The number of amides is 3. The molecule has 0 aromatic heterocycles. The Bertz CT molecular complexity index is 1720. The van der Waals surface area contributed by atoms with Gasteiger partial charge in [-0.2, -0.15) is 13.2 Å². The first-order valence-corrected chi connectivity index (χ1v) is 14.6. The zero-order chi connectivity index (χ0) is 31.9. The smallest absolute Gasteiger partial charge is 0.324 e. The van der Waals surface area contributed by atoms with Gasteiger partial charge in [0, 0.05) is 21.2 Å². The molecule has 0 bridgehead atoms. The van der Waals surface area contributed by atoms with E-state index in [1.807, 2.05) is 0 Å². The Balaban J connectivity index is 1.48. The summed E-state index contributed by atoms with van der Waals surface area (Å²) in [5, 5.41) is 7.52. The molecule has 4 rings (SSSR count). The van der Waals surface area contributed by atoms with E-state index < -0.39 is 34.7 Å². The van der Waals surface area contributed by atoms with Gasteiger partial charge in [-0.1, -0.05) is 59.6 Å². The maximum Gasteiger partial charge on any atom is 0.416 e. The molecule has 0 aliphatic rings. The molecule has 3 amide bonds. The van der Waals surface area contributed by atoms with Gasteiger partial charge in [-0.15, -0.1) is 11.8 Å². The lowest BCUT2D eigenvalue weighted by atomic mass is 10.1. The lowest BCUT2D eigenvalue weighted by Gasteiger charge is -2.15. The van der Waals surface area contributed by atoms with Crippen LogP contribution in [-0.4, -0.2) is 23.0 Å². The van der Waals surface area contributed by atoms with Crippen LogP contribution in [0.25, 0.3) is 6.08 Å². The van der Waals surface area contributed by atoms with E-state index in [4.69, 9.17) is 23.2 Å². The monoisotopic (exact) mass is 657 g/mol. The fourth-order valence-corrected chi connectivity index (χ4v) is 5.13. The highest BCUT2D eigenvalue weighted by molar-refractivity contribution is 8.00. The molecule has 0 saturated heterocycles. The van der Waals surface area contributed by atoms with Crippen LogP contribution in [0.15, 0.2) is 108 Å². The Morgan fingerprint density at radius 1 is 0.841 bits per heavy atom. The topological polar surface area (TPSA) is 87.3 Å². The summed E-state index contributed by atoms with van der Waals surface area (Å²) in [6, 6.07) is 24.5. The lowest BCUT2D eigenvalue weighted by molar-refractivity contribution is -0.137. The van der Waals surface area contributed by atoms with Gasteiger partial charge in [0.1, 0.15) is 5.70 Å². The van der Waals surface area contributed by atoms with E-state index in [2.05, 4.69) is 16.0 Å². The zero-order valence-electron chi connectivity index (χ0n) is 22.9. The lowest BCUT2D eigenvalue weighted by Crippen LogP contribution is -2.30. The number of nitrogens with one attached hydrogen (secondary N) is 3. The van der Waals surface area contributed by atoms with Crippen molar-refractivity contribution in [3.05, 3.63) is 129 Å². The molecule has 0 fully saturated rings. The van der Waals surface area contributed by atoms with E-state index in [0.717, 1.165) is 30.0 Å². The van der Waals surface area contributed by atoms with Crippen molar-refractivity contribution in [2.24, 2.45) is 0 Å². The summed E-state index contributed by atoms with van der Waals surface area (Å²) in [7, 11) is 0. The Hall–Kier alpha value is -4.25. The molecule has 0 aliphatic carbocycles. The molecule has 12 heteroatoms. The summed E-state index contributed by atoms with van der Waals surface area (Å²) >= 11 is 13.2. The number of anilines is 2. The number of thioether (sulfide) groups is 1. The molecule has 0 radical (unpaired) electrons. The number of alkyl halides is 3. The quantitative estimate of drug-likeness (QED) is 0.124. The van der Waals surface area contributed by atoms with Gasteiger partial charge in [-0.3, -0.25) is 14.4 Å². The summed E-state index contributed by atoms with van der Waals surface area (Å²) in [6.45, 7) is 1.58. The van der Waals surface area contributed by atoms with Crippen molar-refractivity contribution in [2.75, 3.05) is 10.6 Å². The van der Waals surface area contributed by atoms with Crippen LogP contribution in [0.1, 0.15) is 28.4 Å². The van der Waals surface area contributed by atoms with Crippen molar-refractivity contribution in [1.29, 1.82) is 0 Å². The molecular weight excluding hydrogens is 634 g/mol. The largest absolute Gasteiger partial charge is 0.416 e. The van der Waals surface area contributed by atoms with E-state index in [1.165, 1.54) is 6.08 Å². The first-order chi connectivity index (χ1) is 20.9. The van der Waals surface area contributed by atoms with E-state index in [1.54, 1.807) is 85.8 Å². The third kappa shape index (κ3) is 9.12. The summed E-state index contributed by atoms with van der Waals surface area (Å²) in [4.78, 5) is 39.6. The second-order valence-corrected chi connectivity index (χ2v) is 11.6. The summed E-state index contributed by atoms with van der Waals surface area (Å²) < 4.78 is 39.3. The van der Waals surface area contributed by atoms with Gasteiger partial charge in [0.2, 0.25) is 5.91 Å². The van der Waals surface area contributed by atoms with Crippen LogP contribution in [-0.2, 0) is 15.8 Å². The van der Waals surface area contributed by atoms with Gasteiger partial charge in [0.15, 0.2) is 0 Å². The minimum atomic E-state index is -4.59. The van der Waals surface area contributed by atoms with Gasteiger partial charge < -0.3 is 16.0 Å². The predicted molar refractivity (Wildman–Crippen MR) is 169 cm³/mol. The highest BCUT2D eigenvalue weighted by Gasteiger charge is 2.31. The Morgan fingerprint density at radius 2 is 1.57 bits per heavy atom. The second-order valence-electron chi connectivity index (χ2n) is 9.36. The molecule has 1 atom stereocenters. The Morgan fingerprint density at radius 3 is 2.27 bits per heavy atom. The van der Waals surface area contributed by atoms with Crippen LogP contribution in [0, 0.1) is 0 Å². The van der Waals surface area contributed by atoms with Crippen molar-refractivity contribution in [1.82, 2.24) is 5.32 Å². The summed E-state index contributed by atoms with van der Waals surface area (Å²) in [6.07, 6.45) is -3.10. The molecule has 3 N–H and O–H groups in total. The van der Waals surface area contributed by atoms with Crippen LogP contribution in [0.3, 0.4) is 0 Å². The highest BCUT2D eigenvalue weighted by Crippen LogP contribution is 2.34. The molecule has 44 heavy (non-hydrogen) atoms. The summed E-state index contributed by atoms with van der Waals surface area (Å²) in [5.74, 6) is -1.67. The van der Waals surface area contributed by atoms with Crippen LogP contribution in [0.5, 0.6) is 0 Å². The molecule has 6 nitrogen and oxygen atoms in total. The van der Waals surface area contributed by atoms with Crippen LogP contribution in [0.4, 0.5) is 24.5 Å². The molecule has 4 aromatic carbocycles. The highest BCUT2D eigenvalue weighted by atomic mass is 35.5. The summed E-state index contributed by atoms with van der Waals surface area (Å²) in [5.41, 5.74) is 0.181. The number of halogens is 5. The second kappa shape index (κ2) is 14.5. The third-order valence-electron chi connectivity index (χ3n) is 6.01. The minimum Gasteiger partial charge on any atom is -0.324 e. The molecule has 0 saturated carbocycles. The fraction of sp³-hybridized carbons (Fsp3) is 0.0938. The number of rotatable bonds is 9. The van der Waals surface area contributed by atoms with Gasteiger partial charge in [0.25, 0.3) is 11.8 Å². The number of carbonyl (C=O) groups is 3. The number of carbonyl (C=O) groups excluding carboxylic acids is 3. The maximum atomic E-state index is 13.4. The Kier molecular flexibility index (Phi) is 10.7. The van der Waals surface area contributed by atoms with Gasteiger partial charge in [-0.05, 0) is 79.2 Å². The van der Waals surface area contributed by atoms with E-state index in [9.17, 15) is 27.6 Å². The van der Waals surface area contributed by atoms with Crippen molar-refractivity contribution >= 4 is 70.1 Å². The molecule has 0 aliphatic heterocycles. The van der Waals surface area contributed by atoms with Crippen molar-refractivity contribution in [2.45, 2.75) is 23.2 Å². The minimum absolute atomic E-state index is 0.0331. The average molecular weight is 659 g/mol. The standard InChI is InChI=1S/C32H24Cl2F3N3O3S/c1-19(29(41)39-27-17-22(32(35,36)37)13-14-26(27)34)44-25-12-6-11-24(18-25)38-31(43)28(16-20-7-5-10-23(33)15-20)40-30(42)21-8-3-2-4-9-21/h2-19H,1H3,(H,38,43)(H,39,41)(H,40,42)/b28-16-. The fourth-order valence-electron chi connectivity index (χ4n) is 3.84. The molecule has 4 aromatic rings. The van der Waals surface area contributed by atoms with Gasteiger partial charge in [-0.25, -0.2) is 0 Å². The SMILES string of the molecule is CC(Sc1cccc(NC(=O)/C(=C/c2cccc(Cl)c2)NC(=O)c2ccccc2)c1)C(=O)Nc1cc(C(F)(F)F)ccc1Cl. The van der Waals surface area contributed by atoms with Crippen LogP contribution >= 0.6 is 35.0 Å². The number of hydrogen-bond acceptors (Lipinski definition) is 4. The predicted octanol–water partition coefficient (Wildman–Crippen LogP) is 8.54. The van der Waals surface area contributed by atoms with Crippen molar-refractivity contribution in [3.63, 3.8) is 0 Å². The van der Waals surface area contributed by atoms with Crippen molar-refractivity contribution in [3.8, 4) is 0 Å². The van der Waals surface area contributed by atoms with Gasteiger partial charge in [0.05, 0.1) is 21.5 Å². The average Bonchev–Trinajstić information content (AvgIpc) is 2.98. The van der Waals surface area contributed by atoms with Crippen LogP contribution < -0.4 is 16.0 Å². The molecule has 0 heterocycles.